The average molecular weight is 366 g/mol. The highest BCUT2D eigenvalue weighted by Crippen LogP contribution is 2.25. The summed E-state index contributed by atoms with van der Waals surface area (Å²) >= 11 is 0. The number of carbonyl (C=O) groups is 2. The third-order valence-electron chi connectivity index (χ3n) is 4.67. The molecule has 0 heterocycles. The lowest BCUT2D eigenvalue weighted by Gasteiger charge is -2.17. The molecule has 1 aliphatic rings. The van der Waals surface area contributed by atoms with Gasteiger partial charge < -0.3 is 15.4 Å². The standard InChI is InChI=1S/C22H26N2O3/c1-2-13-23-22(26)19-9-5-6-10-20(19)24-21(25)15-27-18-12-11-16-7-3-4-8-17(16)14-18/h5-6,9-12,14H,2-4,7-8,13,15H2,1H3,(H,23,26)(H,24,25). The fourth-order valence-electron chi connectivity index (χ4n) is 3.26. The van der Waals surface area contributed by atoms with Gasteiger partial charge in [-0.05, 0) is 67.5 Å². The van der Waals surface area contributed by atoms with Gasteiger partial charge in [0, 0.05) is 6.54 Å². The summed E-state index contributed by atoms with van der Waals surface area (Å²) in [5, 5.41) is 5.60. The number of para-hydroxylation sites is 1. The predicted octanol–water partition coefficient (Wildman–Crippen LogP) is 3.72. The summed E-state index contributed by atoms with van der Waals surface area (Å²) in [5.74, 6) is 0.228. The van der Waals surface area contributed by atoms with E-state index in [0.29, 0.717) is 23.5 Å². The number of nitrogens with one attached hydrogen (secondary N) is 2. The zero-order valence-corrected chi connectivity index (χ0v) is 15.7. The molecular formula is C22H26N2O3. The number of carbonyl (C=O) groups excluding carboxylic acids is 2. The van der Waals surface area contributed by atoms with E-state index in [4.69, 9.17) is 4.74 Å². The van der Waals surface area contributed by atoms with Crippen molar-refractivity contribution in [1.29, 1.82) is 0 Å². The number of hydrogen-bond acceptors (Lipinski definition) is 3. The molecule has 0 aromatic heterocycles. The highest BCUT2D eigenvalue weighted by atomic mass is 16.5. The summed E-state index contributed by atoms with van der Waals surface area (Å²) in [4.78, 5) is 24.5. The number of benzene rings is 2. The van der Waals surface area contributed by atoms with Gasteiger partial charge >= 0.3 is 0 Å². The van der Waals surface area contributed by atoms with E-state index in [1.165, 1.54) is 24.0 Å². The summed E-state index contributed by atoms with van der Waals surface area (Å²) in [6.07, 6.45) is 5.48. The van der Waals surface area contributed by atoms with E-state index in [1.807, 2.05) is 19.1 Å². The highest BCUT2D eigenvalue weighted by Gasteiger charge is 2.14. The minimum absolute atomic E-state index is 0.0936. The van der Waals surface area contributed by atoms with E-state index >= 15 is 0 Å². The van der Waals surface area contributed by atoms with Gasteiger partial charge in [0.25, 0.3) is 11.8 Å². The van der Waals surface area contributed by atoms with Gasteiger partial charge in [-0.1, -0.05) is 25.1 Å². The summed E-state index contributed by atoms with van der Waals surface area (Å²) in [7, 11) is 0. The molecule has 142 valence electrons. The molecule has 2 aromatic carbocycles. The molecule has 0 radical (unpaired) electrons. The number of fused-ring (bicyclic) bond motifs is 1. The van der Waals surface area contributed by atoms with E-state index in [-0.39, 0.29) is 18.4 Å². The average Bonchev–Trinajstić information content (AvgIpc) is 2.70. The van der Waals surface area contributed by atoms with Crippen LogP contribution in [0, 0.1) is 0 Å². The quantitative estimate of drug-likeness (QED) is 0.785. The molecule has 0 atom stereocenters. The molecule has 0 bridgehead atoms. The Bertz CT molecular complexity index is 817. The van der Waals surface area contributed by atoms with Gasteiger partial charge in [-0.15, -0.1) is 0 Å². The minimum Gasteiger partial charge on any atom is -0.484 e. The molecule has 0 unspecified atom stereocenters. The van der Waals surface area contributed by atoms with E-state index in [1.54, 1.807) is 24.3 Å². The number of ether oxygens (including phenoxy) is 1. The first-order chi connectivity index (χ1) is 13.2. The third kappa shape index (κ3) is 5.09. The van der Waals surface area contributed by atoms with Crippen molar-refractivity contribution >= 4 is 17.5 Å². The van der Waals surface area contributed by atoms with Crippen LogP contribution in [0.1, 0.15) is 47.7 Å². The third-order valence-corrected chi connectivity index (χ3v) is 4.67. The van der Waals surface area contributed by atoms with Crippen molar-refractivity contribution in [1.82, 2.24) is 5.32 Å². The first kappa shape index (κ1) is 19.0. The molecule has 1 aliphatic carbocycles. The van der Waals surface area contributed by atoms with Crippen molar-refractivity contribution in [2.45, 2.75) is 39.0 Å². The number of anilines is 1. The van der Waals surface area contributed by atoms with Crippen LogP contribution in [-0.4, -0.2) is 25.0 Å². The Morgan fingerprint density at radius 2 is 1.81 bits per heavy atom. The SMILES string of the molecule is CCCNC(=O)c1ccccc1NC(=O)COc1ccc2c(c1)CCCC2. The van der Waals surface area contributed by atoms with Gasteiger partial charge in [-0.25, -0.2) is 0 Å². The van der Waals surface area contributed by atoms with Crippen LogP contribution >= 0.6 is 0 Å². The maximum Gasteiger partial charge on any atom is 0.262 e. The van der Waals surface area contributed by atoms with Crippen LogP contribution < -0.4 is 15.4 Å². The Kier molecular flexibility index (Phi) is 6.47. The summed E-state index contributed by atoms with van der Waals surface area (Å²) < 4.78 is 5.66. The van der Waals surface area contributed by atoms with Gasteiger partial charge in [0.1, 0.15) is 5.75 Å². The van der Waals surface area contributed by atoms with Crippen molar-refractivity contribution in [3.8, 4) is 5.75 Å². The van der Waals surface area contributed by atoms with Crippen LogP contribution in [0.3, 0.4) is 0 Å². The second-order valence-electron chi connectivity index (χ2n) is 6.78. The number of rotatable bonds is 7. The molecule has 2 aromatic rings. The van der Waals surface area contributed by atoms with E-state index < -0.39 is 0 Å². The van der Waals surface area contributed by atoms with Crippen LogP contribution in [0.5, 0.6) is 5.75 Å². The van der Waals surface area contributed by atoms with Gasteiger partial charge in [0.15, 0.2) is 6.61 Å². The largest absolute Gasteiger partial charge is 0.484 e. The van der Waals surface area contributed by atoms with Gasteiger partial charge in [-0.3, -0.25) is 9.59 Å². The fourth-order valence-corrected chi connectivity index (χ4v) is 3.26. The Morgan fingerprint density at radius 3 is 2.63 bits per heavy atom. The molecule has 0 spiro atoms. The molecular weight excluding hydrogens is 340 g/mol. The molecule has 2 amide bonds. The Balaban J connectivity index is 1.59. The van der Waals surface area contributed by atoms with E-state index in [0.717, 1.165) is 19.3 Å². The maximum absolute atomic E-state index is 12.3. The minimum atomic E-state index is -0.288. The zero-order valence-electron chi connectivity index (χ0n) is 15.7. The Hall–Kier alpha value is -2.82. The molecule has 5 heteroatoms. The van der Waals surface area contributed by atoms with Crippen molar-refractivity contribution in [2.24, 2.45) is 0 Å². The van der Waals surface area contributed by atoms with Crippen molar-refractivity contribution < 1.29 is 14.3 Å². The number of hydrogen-bond donors (Lipinski definition) is 2. The second kappa shape index (κ2) is 9.21. The van der Waals surface area contributed by atoms with Gasteiger partial charge in [0.2, 0.25) is 0 Å². The molecule has 3 rings (SSSR count). The van der Waals surface area contributed by atoms with Crippen molar-refractivity contribution in [3.05, 3.63) is 59.2 Å². The predicted molar refractivity (Wildman–Crippen MR) is 106 cm³/mol. The lowest BCUT2D eigenvalue weighted by atomic mass is 9.92. The van der Waals surface area contributed by atoms with Gasteiger partial charge in [-0.2, -0.15) is 0 Å². The van der Waals surface area contributed by atoms with Crippen LogP contribution in [0.4, 0.5) is 5.69 Å². The lowest BCUT2D eigenvalue weighted by Crippen LogP contribution is -2.27. The molecule has 27 heavy (non-hydrogen) atoms. The van der Waals surface area contributed by atoms with Crippen LogP contribution in [-0.2, 0) is 17.6 Å². The summed E-state index contributed by atoms with van der Waals surface area (Å²) in [6, 6.07) is 13.0. The molecule has 5 nitrogen and oxygen atoms in total. The molecule has 0 fully saturated rings. The molecule has 2 N–H and O–H groups in total. The van der Waals surface area contributed by atoms with Gasteiger partial charge in [0.05, 0.1) is 11.3 Å². The lowest BCUT2D eigenvalue weighted by molar-refractivity contribution is -0.118. The Labute approximate surface area is 160 Å². The summed E-state index contributed by atoms with van der Waals surface area (Å²) in [6.45, 7) is 2.50. The second-order valence-corrected chi connectivity index (χ2v) is 6.78. The zero-order chi connectivity index (χ0) is 19.1. The smallest absolute Gasteiger partial charge is 0.262 e. The van der Waals surface area contributed by atoms with Crippen LogP contribution in [0.25, 0.3) is 0 Å². The first-order valence-corrected chi connectivity index (χ1v) is 9.59. The highest BCUT2D eigenvalue weighted by molar-refractivity contribution is 6.04. The van der Waals surface area contributed by atoms with E-state index in [9.17, 15) is 9.59 Å². The molecule has 0 aliphatic heterocycles. The number of aryl methyl sites for hydroxylation is 2. The fraction of sp³-hybridized carbons (Fsp3) is 0.364. The summed E-state index contributed by atoms with van der Waals surface area (Å²) in [5.41, 5.74) is 3.64. The topological polar surface area (TPSA) is 67.4 Å². The molecule has 0 saturated heterocycles. The van der Waals surface area contributed by atoms with Crippen molar-refractivity contribution in [2.75, 3.05) is 18.5 Å². The molecule has 0 saturated carbocycles. The van der Waals surface area contributed by atoms with E-state index in [2.05, 4.69) is 16.7 Å². The Morgan fingerprint density at radius 1 is 1.04 bits per heavy atom. The first-order valence-electron chi connectivity index (χ1n) is 9.59. The van der Waals surface area contributed by atoms with Crippen LogP contribution in [0.2, 0.25) is 0 Å². The number of amides is 2. The maximum atomic E-state index is 12.3. The van der Waals surface area contributed by atoms with Crippen molar-refractivity contribution in [3.63, 3.8) is 0 Å². The van der Waals surface area contributed by atoms with Crippen LogP contribution in [0.15, 0.2) is 42.5 Å². The normalized spacial score (nSPS) is 12.8. The monoisotopic (exact) mass is 366 g/mol.